The van der Waals surface area contributed by atoms with E-state index in [2.05, 4.69) is 28.5 Å². The first-order chi connectivity index (χ1) is 5.74. The van der Waals surface area contributed by atoms with Crippen molar-refractivity contribution >= 4 is 28.3 Å². The molecule has 0 aliphatic heterocycles. The van der Waals surface area contributed by atoms with E-state index >= 15 is 0 Å². The molecule has 0 amide bonds. The second kappa shape index (κ2) is 4.62. The molecule has 0 aliphatic carbocycles. The average molecular weight is 206 g/mol. The molecule has 3 nitrogen and oxygen atoms in total. The van der Waals surface area contributed by atoms with E-state index in [-0.39, 0.29) is 0 Å². The quantitative estimate of drug-likeness (QED) is 0.767. The number of halogens is 1. The predicted molar refractivity (Wildman–Crippen MR) is 53.2 cm³/mol. The van der Waals surface area contributed by atoms with Gasteiger partial charge in [0.2, 0.25) is 5.13 Å². The summed E-state index contributed by atoms with van der Waals surface area (Å²) in [5, 5.41) is 3.94. The van der Waals surface area contributed by atoms with Crippen molar-refractivity contribution in [1.82, 2.24) is 9.36 Å². The third-order valence-electron chi connectivity index (χ3n) is 1.33. The molecule has 1 aromatic rings. The lowest BCUT2D eigenvalue weighted by atomic mass is 10.2. The minimum atomic E-state index is 0.396. The Morgan fingerprint density at radius 2 is 2.33 bits per heavy atom. The second-order valence-corrected chi connectivity index (χ2v) is 3.86. The van der Waals surface area contributed by atoms with Crippen molar-refractivity contribution in [2.24, 2.45) is 0 Å². The lowest BCUT2D eigenvalue weighted by Gasteiger charge is -1.96. The van der Waals surface area contributed by atoms with Gasteiger partial charge in [-0.2, -0.15) is 4.37 Å². The maximum atomic E-state index is 5.51. The zero-order valence-corrected chi connectivity index (χ0v) is 8.74. The molecule has 0 radical (unpaired) electrons. The summed E-state index contributed by atoms with van der Waals surface area (Å²) in [5.41, 5.74) is 0. The molecule has 0 fully saturated rings. The molecule has 1 rings (SSSR count). The fraction of sp³-hybridized carbons (Fsp3) is 0.714. The number of nitrogens with zero attached hydrogens (tertiary/aromatic N) is 2. The van der Waals surface area contributed by atoms with Crippen LogP contribution < -0.4 is 5.32 Å². The molecule has 1 aromatic heterocycles. The highest BCUT2D eigenvalue weighted by molar-refractivity contribution is 7.09. The number of alkyl halides is 1. The first-order valence-corrected chi connectivity index (χ1v) is 5.18. The Morgan fingerprint density at radius 1 is 1.58 bits per heavy atom. The molecule has 0 atom stereocenters. The topological polar surface area (TPSA) is 37.8 Å². The number of hydrogen-bond donors (Lipinski definition) is 1. The fourth-order valence-corrected chi connectivity index (χ4v) is 1.52. The van der Waals surface area contributed by atoms with Crippen LogP contribution >= 0.6 is 23.1 Å². The van der Waals surface area contributed by atoms with E-state index in [1.807, 2.05) is 0 Å². The van der Waals surface area contributed by atoms with E-state index in [1.54, 1.807) is 0 Å². The van der Waals surface area contributed by atoms with Gasteiger partial charge in [-0.3, -0.25) is 0 Å². The molecule has 0 saturated carbocycles. The number of hydrogen-bond acceptors (Lipinski definition) is 4. The van der Waals surface area contributed by atoms with Crippen molar-refractivity contribution in [3.63, 3.8) is 0 Å². The second-order valence-electron chi connectivity index (χ2n) is 2.73. The van der Waals surface area contributed by atoms with Crippen LogP contribution in [0.1, 0.15) is 25.6 Å². The molecule has 0 unspecified atom stereocenters. The van der Waals surface area contributed by atoms with E-state index in [4.69, 9.17) is 11.6 Å². The Bertz CT molecular complexity index is 236. The van der Waals surface area contributed by atoms with Crippen LogP contribution in [0.15, 0.2) is 0 Å². The van der Waals surface area contributed by atoms with Crippen LogP contribution in [0.2, 0.25) is 0 Å². The highest BCUT2D eigenvalue weighted by Crippen LogP contribution is 2.16. The van der Waals surface area contributed by atoms with Crippen LogP contribution in [0.25, 0.3) is 0 Å². The van der Waals surface area contributed by atoms with Gasteiger partial charge >= 0.3 is 0 Å². The van der Waals surface area contributed by atoms with Crippen molar-refractivity contribution < 1.29 is 0 Å². The highest BCUT2D eigenvalue weighted by atomic mass is 35.5. The number of anilines is 1. The lowest BCUT2D eigenvalue weighted by molar-refractivity contribution is 0.799. The molecule has 68 valence electrons. The molecule has 0 aromatic carbocycles. The molecule has 12 heavy (non-hydrogen) atoms. The van der Waals surface area contributed by atoms with Crippen molar-refractivity contribution in [3.8, 4) is 0 Å². The van der Waals surface area contributed by atoms with Gasteiger partial charge < -0.3 is 5.32 Å². The maximum Gasteiger partial charge on any atom is 0.202 e. The average Bonchev–Trinajstić information content (AvgIpc) is 2.48. The number of aromatic nitrogens is 2. The van der Waals surface area contributed by atoms with Gasteiger partial charge in [0.15, 0.2) is 0 Å². The summed E-state index contributed by atoms with van der Waals surface area (Å²) < 4.78 is 4.19. The van der Waals surface area contributed by atoms with Crippen LogP contribution in [-0.2, 0) is 0 Å². The zero-order chi connectivity index (χ0) is 8.97. The molecule has 0 spiro atoms. The summed E-state index contributed by atoms with van der Waals surface area (Å²) in [6, 6.07) is 0. The summed E-state index contributed by atoms with van der Waals surface area (Å²) in [6.07, 6.45) is 0. The van der Waals surface area contributed by atoms with Crippen LogP contribution in [-0.4, -0.2) is 21.8 Å². The summed E-state index contributed by atoms with van der Waals surface area (Å²) >= 11 is 6.90. The number of nitrogens with one attached hydrogen (secondary N) is 1. The number of rotatable bonds is 4. The van der Waals surface area contributed by atoms with Crippen molar-refractivity contribution in [2.75, 3.05) is 17.7 Å². The molecule has 1 N–H and O–H groups in total. The van der Waals surface area contributed by atoms with E-state index in [0.29, 0.717) is 11.8 Å². The molecular formula is C7H12ClN3S. The van der Waals surface area contributed by atoms with Gasteiger partial charge in [0.1, 0.15) is 5.82 Å². The monoisotopic (exact) mass is 205 g/mol. The third kappa shape index (κ3) is 2.60. The minimum Gasteiger partial charge on any atom is -0.359 e. The highest BCUT2D eigenvalue weighted by Gasteiger charge is 2.06. The lowest BCUT2D eigenvalue weighted by Crippen LogP contribution is -2.02. The van der Waals surface area contributed by atoms with Gasteiger partial charge in [0.25, 0.3) is 0 Å². The summed E-state index contributed by atoms with van der Waals surface area (Å²) in [7, 11) is 0. The largest absolute Gasteiger partial charge is 0.359 e. The first kappa shape index (κ1) is 9.74. The van der Waals surface area contributed by atoms with Crippen molar-refractivity contribution in [1.29, 1.82) is 0 Å². The van der Waals surface area contributed by atoms with Gasteiger partial charge in [-0.05, 0) is 0 Å². The van der Waals surface area contributed by atoms with Crippen molar-refractivity contribution in [3.05, 3.63) is 5.82 Å². The molecule has 5 heteroatoms. The Morgan fingerprint density at radius 3 is 2.83 bits per heavy atom. The summed E-state index contributed by atoms with van der Waals surface area (Å²) in [6.45, 7) is 4.90. The van der Waals surface area contributed by atoms with Gasteiger partial charge in [-0.25, -0.2) is 4.98 Å². The first-order valence-electron chi connectivity index (χ1n) is 3.87. The SMILES string of the molecule is CC(C)c1nsc(NCCCl)n1. The Kier molecular flexibility index (Phi) is 3.75. The third-order valence-corrected chi connectivity index (χ3v) is 2.20. The molecule has 0 bridgehead atoms. The standard InChI is InChI=1S/C7H12ClN3S/c1-5(2)6-10-7(12-11-6)9-4-3-8/h5H,3-4H2,1-2H3,(H,9,10,11). The van der Waals surface area contributed by atoms with Crippen LogP contribution in [0.4, 0.5) is 5.13 Å². The van der Waals surface area contributed by atoms with E-state index in [1.165, 1.54) is 11.5 Å². The van der Waals surface area contributed by atoms with E-state index in [9.17, 15) is 0 Å². The van der Waals surface area contributed by atoms with Crippen molar-refractivity contribution in [2.45, 2.75) is 19.8 Å². The van der Waals surface area contributed by atoms with E-state index in [0.717, 1.165) is 17.5 Å². The summed E-state index contributed by atoms with van der Waals surface area (Å²) in [5.74, 6) is 1.89. The molecule has 1 heterocycles. The zero-order valence-electron chi connectivity index (χ0n) is 7.17. The normalized spacial score (nSPS) is 10.7. The minimum absolute atomic E-state index is 0.396. The predicted octanol–water partition coefficient (Wildman–Crippen LogP) is 2.31. The Hall–Kier alpha value is -0.350. The van der Waals surface area contributed by atoms with Crippen LogP contribution in [0.5, 0.6) is 0 Å². The maximum absolute atomic E-state index is 5.51. The van der Waals surface area contributed by atoms with Gasteiger partial charge in [-0.15, -0.1) is 11.6 Å². The fourth-order valence-electron chi connectivity index (χ4n) is 0.695. The van der Waals surface area contributed by atoms with Crippen LogP contribution in [0.3, 0.4) is 0 Å². The molecular weight excluding hydrogens is 194 g/mol. The smallest absolute Gasteiger partial charge is 0.202 e. The Labute approximate surface area is 81.3 Å². The van der Waals surface area contributed by atoms with E-state index < -0.39 is 0 Å². The molecule has 0 saturated heterocycles. The Balaban J connectivity index is 2.52. The van der Waals surface area contributed by atoms with Gasteiger partial charge in [0, 0.05) is 29.9 Å². The summed E-state index contributed by atoms with van der Waals surface area (Å²) in [4.78, 5) is 4.28. The van der Waals surface area contributed by atoms with Crippen LogP contribution in [0, 0.1) is 0 Å². The van der Waals surface area contributed by atoms with Gasteiger partial charge in [0.05, 0.1) is 0 Å². The molecule has 0 aliphatic rings. The van der Waals surface area contributed by atoms with Gasteiger partial charge in [-0.1, -0.05) is 13.8 Å².